The summed E-state index contributed by atoms with van der Waals surface area (Å²) in [6.45, 7) is -0.276. The maximum absolute atomic E-state index is 12.8. The van der Waals surface area contributed by atoms with Crippen molar-refractivity contribution in [2.45, 2.75) is 44.1 Å². The molecule has 4 bridgehead atoms. The van der Waals surface area contributed by atoms with Gasteiger partial charge >= 0.3 is 0 Å². The van der Waals surface area contributed by atoms with Gasteiger partial charge in [-0.3, -0.25) is 9.10 Å². The van der Waals surface area contributed by atoms with E-state index in [4.69, 9.17) is 23.2 Å². The fourth-order valence-corrected chi connectivity index (χ4v) is 7.22. The minimum Gasteiger partial charge on any atom is -0.349 e. The number of halogens is 2. The van der Waals surface area contributed by atoms with Gasteiger partial charge in [0.05, 0.1) is 17.0 Å². The highest BCUT2D eigenvalue weighted by Gasteiger charge is 2.51. The van der Waals surface area contributed by atoms with Crippen molar-refractivity contribution >= 4 is 44.8 Å². The van der Waals surface area contributed by atoms with Crippen molar-refractivity contribution < 1.29 is 13.2 Å². The van der Waals surface area contributed by atoms with Crippen LogP contribution in [-0.2, 0) is 14.8 Å². The normalized spacial score (nSPS) is 31.7. The van der Waals surface area contributed by atoms with Gasteiger partial charge in [-0.15, -0.1) is 0 Å². The van der Waals surface area contributed by atoms with E-state index in [1.54, 1.807) is 6.07 Å². The average molecular weight is 431 g/mol. The molecule has 0 aliphatic heterocycles. The Bertz CT molecular complexity index is 836. The van der Waals surface area contributed by atoms with Gasteiger partial charge in [0.1, 0.15) is 6.54 Å². The monoisotopic (exact) mass is 430 g/mol. The van der Waals surface area contributed by atoms with Crippen molar-refractivity contribution in [3.8, 4) is 0 Å². The number of amides is 1. The van der Waals surface area contributed by atoms with E-state index >= 15 is 0 Å². The third-order valence-corrected chi connectivity index (χ3v) is 7.97. The third-order valence-electron chi connectivity index (χ3n) is 6.31. The Morgan fingerprint density at radius 1 is 1.15 bits per heavy atom. The number of carbonyl (C=O) groups is 1. The summed E-state index contributed by atoms with van der Waals surface area (Å²) in [6.07, 6.45) is 7.98. The van der Waals surface area contributed by atoms with Crippen molar-refractivity contribution in [2.24, 2.45) is 17.8 Å². The lowest BCUT2D eigenvalue weighted by atomic mass is 9.53. The molecule has 4 fully saturated rings. The molecule has 8 heteroatoms. The highest BCUT2D eigenvalue weighted by molar-refractivity contribution is 7.92. The van der Waals surface area contributed by atoms with Crippen LogP contribution in [0.25, 0.3) is 0 Å². The summed E-state index contributed by atoms with van der Waals surface area (Å²) in [5, 5.41) is 3.83. The number of benzene rings is 1. The fraction of sp³-hybridized carbons (Fsp3) is 0.632. The standard InChI is InChI=1S/C19H24Cl2N2O3S/c1-27(25,26)23(17-3-2-15(20)7-16(17)21)11-18(24)22-19-8-12-4-13(9-19)6-14(5-12)10-19/h2-3,7,12-14H,4-6,8-11H2,1H3,(H,22,24). The van der Waals surface area contributed by atoms with E-state index in [0.29, 0.717) is 22.8 Å². The number of hydrogen-bond donors (Lipinski definition) is 1. The Labute approximate surface area is 170 Å². The zero-order valence-corrected chi connectivity index (χ0v) is 17.6. The highest BCUT2D eigenvalue weighted by Crippen LogP contribution is 2.55. The molecular weight excluding hydrogens is 407 g/mol. The Morgan fingerprint density at radius 2 is 1.70 bits per heavy atom. The predicted octanol–water partition coefficient (Wildman–Crippen LogP) is 3.84. The van der Waals surface area contributed by atoms with Gasteiger partial charge in [-0.1, -0.05) is 23.2 Å². The second-order valence-corrected chi connectivity index (χ2v) is 11.4. The number of anilines is 1. The first-order valence-corrected chi connectivity index (χ1v) is 12.0. The second-order valence-electron chi connectivity index (χ2n) is 8.61. The molecule has 0 radical (unpaired) electrons. The van der Waals surface area contributed by atoms with E-state index in [2.05, 4.69) is 5.32 Å². The van der Waals surface area contributed by atoms with Crippen molar-refractivity contribution in [1.29, 1.82) is 0 Å². The molecule has 0 spiro atoms. The summed E-state index contributed by atoms with van der Waals surface area (Å²) in [7, 11) is -3.67. The van der Waals surface area contributed by atoms with Crippen molar-refractivity contribution in [3.05, 3.63) is 28.2 Å². The molecule has 1 amide bonds. The number of sulfonamides is 1. The Morgan fingerprint density at radius 3 is 2.19 bits per heavy atom. The molecule has 27 heavy (non-hydrogen) atoms. The fourth-order valence-electron chi connectivity index (χ4n) is 5.79. The quantitative estimate of drug-likeness (QED) is 0.771. The molecule has 4 aliphatic carbocycles. The largest absolute Gasteiger partial charge is 0.349 e. The van der Waals surface area contributed by atoms with E-state index in [-0.39, 0.29) is 28.7 Å². The third kappa shape index (κ3) is 3.94. The molecule has 1 aromatic carbocycles. The molecule has 4 saturated carbocycles. The minimum atomic E-state index is -3.67. The van der Waals surface area contributed by atoms with Crippen LogP contribution in [-0.4, -0.2) is 32.7 Å². The van der Waals surface area contributed by atoms with Crippen LogP contribution < -0.4 is 9.62 Å². The number of hydrogen-bond acceptors (Lipinski definition) is 3. The lowest BCUT2D eigenvalue weighted by Gasteiger charge is -2.57. The van der Waals surface area contributed by atoms with Gasteiger partial charge < -0.3 is 5.32 Å². The molecule has 0 atom stereocenters. The molecule has 0 saturated heterocycles. The van der Waals surface area contributed by atoms with Crippen LogP contribution in [0.5, 0.6) is 0 Å². The van der Waals surface area contributed by atoms with Crippen molar-refractivity contribution in [3.63, 3.8) is 0 Å². The molecule has 5 nitrogen and oxygen atoms in total. The smallest absolute Gasteiger partial charge is 0.241 e. The molecule has 0 heterocycles. The van der Waals surface area contributed by atoms with Crippen LogP contribution in [0.15, 0.2) is 18.2 Å². The van der Waals surface area contributed by atoms with E-state index < -0.39 is 10.0 Å². The van der Waals surface area contributed by atoms with Gasteiger partial charge in [0.2, 0.25) is 15.9 Å². The number of nitrogens with one attached hydrogen (secondary N) is 1. The van der Waals surface area contributed by atoms with E-state index in [1.807, 2.05) is 0 Å². The molecule has 0 aromatic heterocycles. The molecule has 1 N–H and O–H groups in total. The highest BCUT2D eigenvalue weighted by atomic mass is 35.5. The zero-order chi connectivity index (χ0) is 19.4. The molecule has 148 valence electrons. The Kier molecular flexibility index (Phi) is 4.88. The second kappa shape index (κ2) is 6.82. The lowest BCUT2D eigenvalue weighted by molar-refractivity contribution is -0.125. The minimum absolute atomic E-state index is 0.154. The van der Waals surface area contributed by atoms with Gasteiger partial charge in [-0.05, 0) is 74.5 Å². The van der Waals surface area contributed by atoms with Gasteiger partial charge in [-0.2, -0.15) is 0 Å². The molecule has 4 aliphatic rings. The van der Waals surface area contributed by atoms with Crippen LogP contribution in [0.4, 0.5) is 5.69 Å². The van der Waals surface area contributed by atoms with Crippen LogP contribution in [0.3, 0.4) is 0 Å². The van der Waals surface area contributed by atoms with Crippen LogP contribution in [0.1, 0.15) is 38.5 Å². The maximum atomic E-state index is 12.8. The topological polar surface area (TPSA) is 66.5 Å². The summed E-state index contributed by atoms with van der Waals surface area (Å²) >= 11 is 12.1. The maximum Gasteiger partial charge on any atom is 0.241 e. The summed E-state index contributed by atoms with van der Waals surface area (Å²) in [6, 6.07) is 4.58. The Hall–Kier alpha value is -0.980. The number of nitrogens with zero attached hydrogens (tertiary/aromatic N) is 1. The average Bonchev–Trinajstić information content (AvgIpc) is 2.50. The molecule has 0 unspecified atom stereocenters. The van der Waals surface area contributed by atoms with Gasteiger partial charge in [0.25, 0.3) is 0 Å². The van der Waals surface area contributed by atoms with E-state index in [9.17, 15) is 13.2 Å². The van der Waals surface area contributed by atoms with E-state index in [1.165, 1.54) is 31.4 Å². The van der Waals surface area contributed by atoms with Crippen LogP contribution >= 0.6 is 23.2 Å². The summed E-state index contributed by atoms with van der Waals surface area (Å²) < 4.78 is 25.7. The lowest BCUT2D eigenvalue weighted by Crippen LogP contribution is -2.61. The van der Waals surface area contributed by atoms with E-state index in [0.717, 1.165) is 29.8 Å². The summed E-state index contributed by atoms with van der Waals surface area (Å²) in [4.78, 5) is 12.8. The molecular formula is C19H24Cl2N2O3S. The summed E-state index contributed by atoms with van der Waals surface area (Å²) in [5.74, 6) is 1.84. The summed E-state index contributed by atoms with van der Waals surface area (Å²) in [5.41, 5.74) is 0.114. The van der Waals surface area contributed by atoms with Crippen molar-refractivity contribution in [1.82, 2.24) is 5.32 Å². The number of rotatable bonds is 5. The van der Waals surface area contributed by atoms with Crippen molar-refractivity contribution in [2.75, 3.05) is 17.1 Å². The van der Waals surface area contributed by atoms with Gasteiger partial charge in [0.15, 0.2) is 0 Å². The first kappa shape index (κ1) is 19.3. The molecule has 5 rings (SSSR count). The molecule has 1 aromatic rings. The van der Waals surface area contributed by atoms with Gasteiger partial charge in [-0.25, -0.2) is 8.42 Å². The van der Waals surface area contributed by atoms with Crippen LogP contribution in [0.2, 0.25) is 10.0 Å². The number of carbonyl (C=O) groups excluding carboxylic acids is 1. The first-order chi connectivity index (χ1) is 12.6. The predicted molar refractivity (Wildman–Crippen MR) is 108 cm³/mol. The first-order valence-electron chi connectivity index (χ1n) is 9.37. The zero-order valence-electron chi connectivity index (χ0n) is 15.2. The van der Waals surface area contributed by atoms with Crippen LogP contribution in [0, 0.1) is 17.8 Å². The Balaban J connectivity index is 1.53. The SMILES string of the molecule is CS(=O)(=O)N(CC(=O)NC12CC3CC(CC(C3)C1)C2)c1ccc(Cl)cc1Cl. The van der Waals surface area contributed by atoms with Gasteiger partial charge in [0, 0.05) is 10.6 Å².